The zero-order chi connectivity index (χ0) is 10.3. The molecule has 1 heterocycles. The van der Waals surface area contributed by atoms with Gasteiger partial charge in [-0.2, -0.15) is 0 Å². The Hall–Kier alpha value is -1.28. The predicted molar refractivity (Wildman–Crippen MR) is 67.1 cm³/mol. The summed E-state index contributed by atoms with van der Waals surface area (Å²) < 4.78 is 2.21. The second kappa shape index (κ2) is 4.30. The fraction of sp³-hybridized carbons (Fsp3) is 0.308. The third-order valence-corrected chi connectivity index (χ3v) is 3.36. The van der Waals surface area contributed by atoms with Crippen LogP contribution in [0.15, 0.2) is 36.9 Å². The minimum Gasteiger partial charge on any atom is -0.330 e. The molecule has 0 fully saturated rings. The van der Waals surface area contributed by atoms with E-state index in [0.717, 1.165) is 0 Å². The van der Waals surface area contributed by atoms with E-state index in [9.17, 15) is 0 Å². The maximum absolute atomic E-state index is 4.13. The van der Waals surface area contributed by atoms with Gasteiger partial charge in [-0.15, -0.1) is 12.4 Å². The minimum absolute atomic E-state index is 0. The van der Waals surface area contributed by atoms with Gasteiger partial charge >= 0.3 is 0 Å². The molecule has 1 atom stereocenters. The second-order valence-corrected chi connectivity index (χ2v) is 4.21. The number of nitrogens with zero attached hydrogens (tertiary/aromatic N) is 2. The first kappa shape index (κ1) is 11.2. The molecule has 3 heteroatoms. The van der Waals surface area contributed by atoms with Gasteiger partial charge in [0, 0.05) is 12.4 Å². The first-order valence-corrected chi connectivity index (χ1v) is 5.42. The van der Waals surface area contributed by atoms with Crippen molar-refractivity contribution >= 4 is 12.4 Å². The molecule has 0 saturated heterocycles. The Morgan fingerprint density at radius 1 is 1.38 bits per heavy atom. The van der Waals surface area contributed by atoms with Crippen LogP contribution >= 0.6 is 12.4 Å². The lowest BCUT2D eigenvalue weighted by atomic mass is 10.0. The summed E-state index contributed by atoms with van der Waals surface area (Å²) in [5, 5.41) is 0. The molecule has 1 aliphatic rings. The quantitative estimate of drug-likeness (QED) is 0.741. The Labute approximate surface area is 102 Å². The molecule has 2 aromatic rings. The first-order chi connectivity index (χ1) is 7.36. The van der Waals surface area contributed by atoms with Crippen molar-refractivity contribution in [1.82, 2.24) is 9.55 Å². The third-order valence-electron chi connectivity index (χ3n) is 3.36. The van der Waals surface area contributed by atoms with Crippen LogP contribution in [-0.4, -0.2) is 9.55 Å². The molecule has 1 aliphatic carbocycles. The zero-order valence-corrected chi connectivity index (χ0v) is 10.1. The normalized spacial score (nSPS) is 17.9. The molecule has 0 bridgehead atoms. The van der Waals surface area contributed by atoms with Gasteiger partial charge < -0.3 is 4.57 Å². The van der Waals surface area contributed by atoms with Crippen molar-refractivity contribution < 1.29 is 0 Å². The van der Waals surface area contributed by atoms with Crippen LogP contribution in [0.3, 0.4) is 0 Å². The van der Waals surface area contributed by atoms with Crippen molar-refractivity contribution in [1.29, 1.82) is 0 Å². The van der Waals surface area contributed by atoms with Gasteiger partial charge in [0.1, 0.15) is 0 Å². The number of hydrogen-bond donors (Lipinski definition) is 0. The van der Waals surface area contributed by atoms with E-state index < -0.39 is 0 Å². The molecule has 2 nitrogen and oxygen atoms in total. The van der Waals surface area contributed by atoms with Gasteiger partial charge in [0.2, 0.25) is 0 Å². The summed E-state index contributed by atoms with van der Waals surface area (Å²) in [6.45, 7) is 2.20. The van der Waals surface area contributed by atoms with E-state index in [1.165, 1.54) is 29.5 Å². The fourth-order valence-corrected chi connectivity index (χ4v) is 2.58. The number of benzene rings is 1. The second-order valence-electron chi connectivity index (χ2n) is 4.21. The van der Waals surface area contributed by atoms with Crippen LogP contribution in [0.25, 0.3) is 0 Å². The van der Waals surface area contributed by atoms with E-state index in [2.05, 4.69) is 40.9 Å². The van der Waals surface area contributed by atoms with Gasteiger partial charge in [0.25, 0.3) is 0 Å². The average Bonchev–Trinajstić information content (AvgIpc) is 2.85. The van der Waals surface area contributed by atoms with Gasteiger partial charge in [-0.1, -0.05) is 18.2 Å². The van der Waals surface area contributed by atoms with Crippen molar-refractivity contribution in [3.05, 3.63) is 53.6 Å². The minimum atomic E-state index is 0. The predicted octanol–water partition coefficient (Wildman–Crippen LogP) is 3.15. The molecule has 0 saturated carbocycles. The molecule has 0 amide bonds. The van der Waals surface area contributed by atoms with E-state index in [4.69, 9.17) is 0 Å². The first-order valence-electron chi connectivity index (χ1n) is 5.42. The molecular formula is C13H15ClN2. The monoisotopic (exact) mass is 234 g/mol. The van der Waals surface area contributed by atoms with Crippen molar-refractivity contribution in [2.75, 3.05) is 0 Å². The summed E-state index contributed by atoms with van der Waals surface area (Å²) in [7, 11) is 0. The molecule has 1 unspecified atom stereocenters. The van der Waals surface area contributed by atoms with Crippen LogP contribution in [0.4, 0.5) is 0 Å². The molecule has 1 aromatic carbocycles. The number of aromatic nitrogens is 2. The maximum atomic E-state index is 4.13. The molecule has 3 rings (SSSR count). The van der Waals surface area contributed by atoms with Crippen LogP contribution in [-0.2, 0) is 6.42 Å². The van der Waals surface area contributed by atoms with E-state index in [1.54, 1.807) is 0 Å². The van der Waals surface area contributed by atoms with Crippen LogP contribution in [0.2, 0.25) is 0 Å². The molecule has 0 N–H and O–H groups in total. The van der Waals surface area contributed by atoms with Crippen molar-refractivity contribution in [3.63, 3.8) is 0 Å². The summed E-state index contributed by atoms with van der Waals surface area (Å²) in [6, 6.07) is 7.11. The largest absolute Gasteiger partial charge is 0.330 e. The van der Waals surface area contributed by atoms with Crippen LogP contribution in [0, 0.1) is 6.92 Å². The molecule has 16 heavy (non-hydrogen) atoms. The van der Waals surface area contributed by atoms with E-state index >= 15 is 0 Å². The summed E-state index contributed by atoms with van der Waals surface area (Å²) in [4.78, 5) is 4.13. The SMILES string of the molecule is Cc1cccc2c1CCC2n1ccnc1.Cl. The number of fused-ring (bicyclic) bond motifs is 1. The highest BCUT2D eigenvalue weighted by molar-refractivity contribution is 5.85. The van der Waals surface area contributed by atoms with Crippen molar-refractivity contribution in [3.8, 4) is 0 Å². The van der Waals surface area contributed by atoms with Gasteiger partial charge in [0.15, 0.2) is 0 Å². The smallest absolute Gasteiger partial charge is 0.0951 e. The van der Waals surface area contributed by atoms with Crippen LogP contribution in [0.5, 0.6) is 0 Å². The molecule has 0 radical (unpaired) electrons. The molecular weight excluding hydrogens is 220 g/mol. The standard InChI is InChI=1S/C13H14N2.ClH/c1-10-3-2-4-12-11(10)5-6-13(12)15-8-7-14-9-15;/h2-4,7-9,13H,5-6H2,1H3;1H. The lowest BCUT2D eigenvalue weighted by Crippen LogP contribution is -2.04. The molecule has 0 aliphatic heterocycles. The van der Waals surface area contributed by atoms with Crippen LogP contribution in [0.1, 0.15) is 29.2 Å². The number of hydrogen-bond acceptors (Lipinski definition) is 1. The lowest BCUT2D eigenvalue weighted by molar-refractivity contribution is 0.579. The van der Waals surface area contributed by atoms with Crippen molar-refractivity contribution in [2.24, 2.45) is 0 Å². The number of halogens is 1. The van der Waals surface area contributed by atoms with Gasteiger partial charge in [-0.3, -0.25) is 0 Å². The maximum Gasteiger partial charge on any atom is 0.0951 e. The highest BCUT2D eigenvalue weighted by Gasteiger charge is 2.24. The Morgan fingerprint density at radius 2 is 2.25 bits per heavy atom. The Balaban J connectivity index is 0.000000963. The van der Waals surface area contributed by atoms with Crippen LogP contribution < -0.4 is 0 Å². The Bertz CT molecular complexity index is 477. The highest BCUT2D eigenvalue weighted by atomic mass is 35.5. The zero-order valence-electron chi connectivity index (χ0n) is 9.26. The third kappa shape index (κ3) is 1.63. The number of imidazole rings is 1. The van der Waals surface area contributed by atoms with Crippen molar-refractivity contribution in [2.45, 2.75) is 25.8 Å². The molecule has 84 valence electrons. The topological polar surface area (TPSA) is 17.8 Å². The number of rotatable bonds is 1. The summed E-state index contributed by atoms with van der Waals surface area (Å²) in [6.07, 6.45) is 8.24. The van der Waals surface area contributed by atoms with Gasteiger partial charge in [-0.05, 0) is 36.5 Å². The van der Waals surface area contributed by atoms with E-state index in [-0.39, 0.29) is 12.4 Å². The number of aryl methyl sites for hydroxylation is 1. The summed E-state index contributed by atoms with van der Waals surface area (Å²) in [5.41, 5.74) is 4.44. The van der Waals surface area contributed by atoms with E-state index in [1.807, 2.05) is 12.5 Å². The molecule has 0 spiro atoms. The average molecular weight is 235 g/mol. The summed E-state index contributed by atoms with van der Waals surface area (Å²) in [5.74, 6) is 0. The Morgan fingerprint density at radius 3 is 3.00 bits per heavy atom. The lowest BCUT2D eigenvalue weighted by Gasteiger charge is -2.13. The summed E-state index contributed by atoms with van der Waals surface area (Å²) >= 11 is 0. The van der Waals surface area contributed by atoms with Gasteiger partial charge in [0.05, 0.1) is 12.4 Å². The highest BCUT2D eigenvalue weighted by Crippen LogP contribution is 2.35. The molecule has 1 aromatic heterocycles. The fourth-order valence-electron chi connectivity index (χ4n) is 2.58. The van der Waals surface area contributed by atoms with E-state index in [0.29, 0.717) is 6.04 Å². The van der Waals surface area contributed by atoms with Gasteiger partial charge in [-0.25, -0.2) is 4.98 Å². The Kier molecular flexibility index (Phi) is 3.01.